The number of alkyl halides is 3. The number of nitrogens with one attached hydrogen (secondary N) is 1. The van der Waals surface area contributed by atoms with Crippen molar-refractivity contribution in [2.75, 3.05) is 0 Å². The minimum atomic E-state index is -4.95. The Hall–Kier alpha value is -3.59. The number of esters is 2. The van der Waals surface area contributed by atoms with Crippen LogP contribution in [0.3, 0.4) is 0 Å². The summed E-state index contributed by atoms with van der Waals surface area (Å²) in [6, 6.07) is 21.7. The SMILES string of the molecule is O=C(OCc1ccccc1)C(C(=O)OCc1ccccc1)[C@H](c1c[nH]c2cc(Br)ccc12)C(F)(F)F. The smallest absolute Gasteiger partial charge is 0.397 e. The predicted octanol–water partition coefficient (Wildman–Crippen LogP) is 6.68. The van der Waals surface area contributed by atoms with Gasteiger partial charge in [-0.25, -0.2) is 0 Å². The number of carbonyl (C=O) groups is 2. The van der Waals surface area contributed by atoms with Crippen LogP contribution in [-0.2, 0) is 32.3 Å². The molecule has 0 spiro atoms. The van der Waals surface area contributed by atoms with E-state index in [4.69, 9.17) is 9.47 Å². The average Bonchev–Trinajstić information content (AvgIpc) is 3.27. The number of ether oxygens (including phenoxy) is 2. The molecule has 4 rings (SSSR count). The second-order valence-electron chi connectivity index (χ2n) is 8.12. The molecule has 1 heterocycles. The van der Waals surface area contributed by atoms with Crippen LogP contribution in [0.2, 0.25) is 0 Å². The lowest BCUT2D eigenvalue weighted by Gasteiger charge is -2.26. The number of rotatable bonds is 8. The lowest BCUT2D eigenvalue weighted by atomic mass is 9.85. The zero-order valence-electron chi connectivity index (χ0n) is 18.8. The maximum Gasteiger partial charge on any atom is 0.397 e. The molecule has 0 bridgehead atoms. The number of aromatic nitrogens is 1. The van der Waals surface area contributed by atoms with Crippen LogP contribution in [0, 0.1) is 5.92 Å². The molecule has 5 nitrogen and oxygen atoms in total. The van der Waals surface area contributed by atoms with Crippen molar-refractivity contribution in [3.05, 3.63) is 106 Å². The van der Waals surface area contributed by atoms with Gasteiger partial charge in [0.1, 0.15) is 19.1 Å². The van der Waals surface area contributed by atoms with Gasteiger partial charge in [-0.1, -0.05) is 82.7 Å². The number of fused-ring (bicyclic) bond motifs is 1. The number of halogens is 4. The Morgan fingerprint density at radius 1 is 0.833 bits per heavy atom. The summed E-state index contributed by atoms with van der Waals surface area (Å²) >= 11 is 3.29. The zero-order valence-corrected chi connectivity index (χ0v) is 20.4. The Morgan fingerprint density at radius 2 is 1.36 bits per heavy atom. The quantitative estimate of drug-likeness (QED) is 0.193. The van der Waals surface area contributed by atoms with Gasteiger partial charge in [-0.2, -0.15) is 13.2 Å². The summed E-state index contributed by atoms with van der Waals surface area (Å²) in [4.78, 5) is 29.0. The highest BCUT2D eigenvalue weighted by Gasteiger charge is 2.54. The summed E-state index contributed by atoms with van der Waals surface area (Å²) in [6.45, 7) is -0.568. The van der Waals surface area contributed by atoms with Crippen LogP contribution < -0.4 is 0 Å². The van der Waals surface area contributed by atoms with Crippen molar-refractivity contribution in [2.24, 2.45) is 5.92 Å². The first-order valence-electron chi connectivity index (χ1n) is 11.0. The minimum Gasteiger partial charge on any atom is -0.460 e. The topological polar surface area (TPSA) is 68.4 Å². The lowest BCUT2D eigenvalue weighted by Crippen LogP contribution is -2.40. The third-order valence-electron chi connectivity index (χ3n) is 5.65. The summed E-state index contributed by atoms with van der Waals surface area (Å²) in [7, 11) is 0. The molecule has 0 fully saturated rings. The van der Waals surface area contributed by atoms with E-state index in [-0.39, 0.29) is 24.2 Å². The van der Waals surface area contributed by atoms with Crippen LogP contribution in [0.4, 0.5) is 13.2 Å². The minimum absolute atomic E-state index is 0.234. The monoisotopic (exact) mass is 559 g/mol. The molecular formula is C27H21BrF3NO4. The van der Waals surface area contributed by atoms with Gasteiger partial charge in [-0.3, -0.25) is 9.59 Å². The first-order chi connectivity index (χ1) is 17.2. The van der Waals surface area contributed by atoms with E-state index in [2.05, 4.69) is 20.9 Å². The third kappa shape index (κ3) is 5.96. The first kappa shape index (κ1) is 25.5. The van der Waals surface area contributed by atoms with Crippen molar-refractivity contribution >= 4 is 38.8 Å². The molecule has 1 atom stereocenters. The number of aromatic amines is 1. The molecule has 0 saturated carbocycles. The Labute approximate surface area is 213 Å². The molecule has 3 aromatic carbocycles. The van der Waals surface area contributed by atoms with Crippen molar-refractivity contribution in [1.29, 1.82) is 0 Å². The average molecular weight is 560 g/mol. The lowest BCUT2D eigenvalue weighted by molar-refractivity contribution is -0.190. The number of carbonyl (C=O) groups excluding carboxylic acids is 2. The van der Waals surface area contributed by atoms with Crippen LogP contribution >= 0.6 is 15.9 Å². The van der Waals surface area contributed by atoms with E-state index in [1.54, 1.807) is 72.8 Å². The number of H-pyrrole nitrogens is 1. The van der Waals surface area contributed by atoms with Gasteiger partial charge in [-0.05, 0) is 28.8 Å². The summed E-state index contributed by atoms with van der Waals surface area (Å²) in [6.07, 6.45) is -3.79. The number of hydrogen-bond acceptors (Lipinski definition) is 4. The van der Waals surface area contributed by atoms with Gasteiger partial charge in [0.05, 0.1) is 0 Å². The van der Waals surface area contributed by atoms with E-state index < -0.39 is 30.0 Å². The van der Waals surface area contributed by atoms with E-state index in [1.165, 1.54) is 6.07 Å². The fourth-order valence-corrected chi connectivity index (χ4v) is 4.29. The summed E-state index contributed by atoms with van der Waals surface area (Å²) in [5, 5.41) is 0.234. The number of benzene rings is 3. The van der Waals surface area contributed by atoms with Crippen LogP contribution in [-0.4, -0.2) is 23.1 Å². The van der Waals surface area contributed by atoms with Crippen molar-refractivity contribution < 1.29 is 32.2 Å². The van der Waals surface area contributed by atoms with E-state index in [0.717, 1.165) is 6.20 Å². The molecule has 36 heavy (non-hydrogen) atoms. The van der Waals surface area contributed by atoms with Gasteiger partial charge in [0.2, 0.25) is 0 Å². The van der Waals surface area contributed by atoms with Gasteiger partial charge >= 0.3 is 18.1 Å². The fraction of sp³-hybridized carbons (Fsp3) is 0.185. The Bertz CT molecular complexity index is 1280. The van der Waals surface area contributed by atoms with Crippen LogP contribution in [0.15, 0.2) is 89.5 Å². The van der Waals surface area contributed by atoms with Gasteiger partial charge in [0.15, 0.2) is 5.92 Å². The van der Waals surface area contributed by atoms with Gasteiger partial charge in [0, 0.05) is 21.6 Å². The van der Waals surface area contributed by atoms with Crippen molar-refractivity contribution in [1.82, 2.24) is 4.98 Å². The molecule has 0 unspecified atom stereocenters. The van der Waals surface area contributed by atoms with Crippen molar-refractivity contribution in [3.63, 3.8) is 0 Å². The molecule has 0 aliphatic heterocycles. The standard InChI is InChI=1S/C27H21BrF3NO4/c28-19-11-12-20-21(14-32-22(20)13-19)24(27(29,30)31)23(25(33)35-15-17-7-3-1-4-8-17)26(34)36-16-18-9-5-2-6-10-18/h1-14,23-24,32H,15-16H2/t24-/m0/s1. The van der Waals surface area contributed by atoms with Gasteiger partial charge in [-0.15, -0.1) is 0 Å². The molecular weight excluding hydrogens is 539 g/mol. The molecule has 4 aromatic rings. The Kier molecular flexibility index (Phi) is 7.79. The second kappa shape index (κ2) is 11.0. The van der Waals surface area contributed by atoms with Gasteiger partial charge in [0.25, 0.3) is 0 Å². The molecule has 0 radical (unpaired) electrons. The van der Waals surface area contributed by atoms with E-state index in [0.29, 0.717) is 21.1 Å². The van der Waals surface area contributed by atoms with Crippen molar-refractivity contribution in [2.45, 2.75) is 25.3 Å². The first-order valence-corrected chi connectivity index (χ1v) is 11.8. The number of hydrogen-bond donors (Lipinski definition) is 1. The van der Waals surface area contributed by atoms with E-state index in [1.807, 2.05) is 0 Å². The van der Waals surface area contributed by atoms with E-state index in [9.17, 15) is 22.8 Å². The normalized spacial score (nSPS) is 12.5. The van der Waals surface area contributed by atoms with E-state index >= 15 is 0 Å². The Balaban J connectivity index is 1.70. The molecule has 0 saturated heterocycles. The molecule has 1 N–H and O–H groups in total. The maximum atomic E-state index is 14.5. The largest absolute Gasteiger partial charge is 0.460 e. The third-order valence-corrected chi connectivity index (χ3v) is 6.15. The summed E-state index contributed by atoms with van der Waals surface area (Å²) in [5.74, 6) is -7.38. The molecule has 1 aromatic heterocycles. The molecule has 0 aliphatic carbocycles. The molecule has 9 heteroatoms. The predicted molar refractivity (Wildman–Crippen MR) is 131 cm³/mol. The summed E-state index contributed by atoms with van der Waals surface area (Å²) in [5.41, 5.74) is 1.32. The van der Waals surface area contributed by atoms with Crippen LogP contribution in [0.5, 0.6) is 0 Å². The molecule has 186 valence electrons. The van der Waals surface area contributed by atoms with Crippen LogP contribution in [0.25, 0.3) is 10.9 Å². The Morgan fingerprint density at radius 3 is 1.86 bits per heavy atom. The van der Waals surface area contributed by atoms with Gasteiger partial charge < -0.3 is 14.5 Å². The highest BCUT2D eigenvalue weighted by Crippen LogP contribution is 2.44. The van der Waals surface area contributed by atoms with Crippen molar-refractivity contribution in [3.8, 4) is 0 Å². The summed E-state index contributed by atoms with van der Waals surface area (Å²) < 4.78 is 54.7. The highest BCUT2D eigenvalue weighted by atomic mass is 79.9. The van der Waals surface area contributed by atoms with Crippen LogP contribution in [0.1, 0.15) is 22.6 Å². The maximum absolute atomic E-state index is 14.5. The fourth-order valence-electron chi connectivity index (χ4n) is 3.93. The second-order valence-corrected chi connectivity index (χ2v) is 9.03. The molecule has 0 aliphatic rings. The molecule has 0 amide bonds. The highest BCUT2D eigenvalue weighted by molar-refractivity contribution is 9.10. The zero-order chi connectivity index (χ0) is 25.7.